The van der Waals surface area contributed by atoms with E-state index < -0.39 is 14.4 Å². The Morgan fingerprint density at radius 1 is 0.741 bits per heavy atom. The van der Waals surface area contributed by atoms with Gasteiger partial charge in [0.1, 0.15) is 6.10 Å². The van der Waals surface area contributed by atoms with Crippen molar-refractivity contribution in [2.45, 2.75) is 31.9 Å². The molecule has 3 rings (SSSR count). The molecule has 0 fully saturated rings. The first-order chi connectivity index (χ1) is 12.9. The quantitative estimate of drug-likeness (QED) is 0.650. The fraction of sp³-hybridized carbons (Fsp3) is 0.250. The molecule has 0 aliphatic carbocycles. The molecule has 0 amide bonds. The average molecular weight is 377 g/mol. The van der Waals surface area contributed by atoms with E-state index in [1.165, 1.54) is 10.4 Å². The minimum atomic E-state index is -2.60. The third-order valence-electron chi connectivity index (χ3n) is 5.06. The molecule has 27 heavy (non-hydrogen) atoms. The minimum absolute atomic E-state index is 0.0912. The van der Waals surface area contributed by atoms with E-state index in [2.05, 4.69) is 69.3 Å². The first-order valence-corrected chi connectivity index (χ1v) is 11.3. The maximum atomic E-state index is 10.7. The predicted octanol–water partition coefficient (Wildman–Crippen LogP) is 4.30. The molecule has 2 nitrogen and oxygen atoms in total. The van der Waals surface area contributed by atoms with Crippen LogP contribution in [-0.2, 0) is 4.43 Å². The monoisotopic (exact) mass is 376 g/mol. The van der Waals surface area contributed by atoms with Crippen LogP contribution in [0.3, 0.4) is 0 Å². The highest BCUT2D eigenvalue weighted by molar-refractivity contribution is 6.99. The summed E-state index contributed by atoms with van der Waals surface area (Å²) in [6.07, 6.45) is -0.646. The summed E-state index contributed by atoms with van der Waals surface area (Å²) in [6, 6.07) is 30.8. The van der Waals surface area contributed by atoms with Crippen LogP contribution in [0.5, 0.6) is 0 Å². The molecule has 0 saturated carbocycles. The molecule has 0 aliphatic heterocycles. The highest BCUT2D eigenvalue weighted by Gasteiger charge is 2.50. The smallest absolute Gasteiger partial charge is 0.261 e. The van der Waals surface area contributed by atoms with E-state index in [-0.39, 0.29) is 11.6 Å². The molecule has 140 valence electrons. The van der Waals surface area contributed by atoms with Crippen molar-refractivity contribution in [3.8, 4) is 0 Å². The second-order valence-electron chi connectivity index (χ2n) is 7.90. The zero-order valence-electron chi connectivity index (χ0n) is 16.3. The molecule has 0 aromatic heterocycles. The van der Waals surface area contributed by atoms with Gasteiger partial charge in [0.2, 0.25) is 0 Å². The SMILES string of the molecule is CC(C)(C)[Si](OC[C@H](O)c1ccccc1)(c1ccccc1)c1ccccc1. The van der Waals surface area contributed by atoms with Gasteiger partial charge in [0, 0.05) is 0 Å². The number of hydrogen-bond donors (Lipinski definition) is 1. The van der Waals surface area contributed by atoms with E-state index in [1.807, 2.05) is 42.5 Å². The number of hydrogen-bond acceptors (Lipinski definition) is 2. The van der Waals surface area contributed by atoms with Gasteiger partial charge in [-0.25, -0.2) is 0 Å². The van der Waals surface area contributed by atoms with Crippen molar-refractivity contribution in [2.75, 3.05) is 6.61 Å². The average Bonchev–Trinajstić information content (AvgIpc) is 2.69. The lowest BCUT2D eigenvalue weighted by Crippen LogP contribution is -2.66. The molecule has 0 saturated heterocycles. The van der Waals surface area contributed by atoms with E-state index >= 15 is 0 Å². The topological polar surface area (TPSA) is 29.5 Å². The van der Waals surface area contributed by atoms with Crippen LogP contribution in [0.1, 0.15) is 32.4 Å². The third kappa shape index (κ3) is 4.06. The highest BCUT2D eigenvalue weighted by Crippen LogP contribution is 2.37. The molecule has 0 bridgehead atoms. The van der Waals surface area contributed by atoms with Gasteiger partial charge in [-0.05, 0) is 21.0 Å². The fourth-order valence-corrected chi connectivity index (χ4v) is 8.30. The molecule has 0 aliphatic rings. The van der Waals surface area contributed by atoms with Crippen molar-refractivity contribution in [1.29, 1.82) is 0 Å². The summed E-state index contributed by atoms with van der Waals surface area (Å²) in [5, 5.41) is 13.1. The molecule has 1 atom stereocenters. The van der Waals surface area contributed by atoms with Gasteiger partial charge in [0.25, 0.3) is 8.32 Å². The highest BCUT2D eigenvalue weighted by atomic mass is 28.4. The standard InChI is InChI=1S/C24H28O2Si/c1-24(2,3)27(21-15-9-5-10-16-21,22-17-11-6-12-18-22)26-19-23(25)20-13-7-4-8-14-20/h4-18,23,25H,19H2,1-3H3/t23-/m0/s1. The van der Waals surface area contributed by atoms with Gasteiger partial charge >= 0.3 is 0 Å². The second kappa shape index (κ2) is 8.22. The molecule has 0 heterocycles. The van der Waals surface area contributed by atoms with Gasteiger partial charge in [-0.2, -0.15) is 0 Å². The van der Waals surface area contributed by atoms with Crippen LogP contribution < -0.4 is 10.4 Å². The van der Waals surface area contributed by atoms with Gasteiger partial charge in [-0.15, -0.1) is 0 Å². The first-order valence-electron chi connectivity index (χ1n) is 9.43. The van der Waals surface area contributed by atoms with Gasteiger partial charge in [-0.3, -0.25) is 0 Å². The van der Waals surface area contributed by atoms with Crippen LogP contribution in [0.4, 0.5) is 0 Å². The molecule has 0 spiro atoms. The van der Waals surface area contributed by atoms with Crippen LogP contribution in [-0.4, -0.2) is 20.0 Å². The summed E-state index contributed by atoms with van der Waals surface area (Å²) in [5.41, 5.74) is 0.885. The number of rotatable bonds is 6. The summed E-state index contributed by atoms with van der Waals surface area (Å²) in [7, 11) is -2.60. The molecule has 3 aromatic rings. The summed E-state index contributed by atoms with van der Waals surface area (Å²) in [4.78, 5) is 0. The van der Waals surface area contributed by atoms with E-state index in [0.717, 1.165) is 5.56 Å². The Kier molecular flexibility index (Phi) is 5.95. The second-order valence-corrected chi connectivity index (χ2v) is 12.2. The predicted molar refractivity (Wildman–Crippen MR) is 115 cm³/mol. The maximum Gasteiger partial charge on any atom is 0.261 e. The van der Waals surface area contributed by atoms with E-state index in [0.29, 0.717) is 0 Å². The number of aliphatic hydroxyl groups is 1. The van der Waals surface area contributed by atoms with Gasteiger partial charge in [0.15, 0.2) is 0 Å². The molecule has 1 N–H and O–H groups in total. The van der Waals surface area contributed by atoms with E-state index in [1.54, 1.807) is 0 Å². The van der Waals surface area contributed by atoms with Gasteiger partial charge in [-0.1, -0.05) is 112 Å². The molecule has 0 unspecified atom stereocenters. The van der Waals surface area contributed by atoms with Crippen molar-refractivity contribution in [3.05, 3.63) is 96.6 Å². The zero-order valence-corrected chi connectivity index (χ0v) is 17.3. The first kappa shape index (κ1) is 19.6. The Morgan fingerprint density at radius 2 is 1.15 bits per heavy atom. The summed E-state index contributed by atoms with van der Waals surface area (Å²) >= 11 is 0. The Bertz CT molecular complexity index is 787. The Morgan fingerprint density at radius 3 is 1.56 bits per heavy atom. The van der Waals surface area contributed by atoms with Crippen molar-refractivity contribution in [1.82, 2.24) is 0 Å². The van der Waals surface area contributed by atoms with Crippen LogP contribution in [0, 0.1) is 0 Å². The molecular weight excluding hydrogens is 348 g/mol. The largest absolute Gasteiger partial charge is 0.404 e. The van der Waals surface area contributed by atoms with Gasteiger partial charge < -0.3 is 9.53 Å². The Hall–Kier alpha value is -2.20. The lowest BCUT2D eigenvalue weighted by molar-refractivity contribution is 0.103. The summed E-state index contributed by atoms with van der Waals surface area (Å²) in [6.45, 7) is 7.01. The van der Waals surface area contributed by atoms with Crippen molar-refractivity contribution < 1.29 is 9.53 Å². The van der Waals surface area contributed by atoms with Crippen LogP contribution in [0.15, 0.2) is 91.0 Å². The normalized spacial score (nSPS) is 13.3. The van der Waals surface area contributed by atoms with Gasteiger partial charge in [0.05, 0.1) is 6.61 Å². The lowest BCUT2D eigenvalue weighted by Gasteiger charge is -2.43. The maximum absolute atomic E-state index is 10.7. The van der Waals surface area contributed by atoms with Crippen LogP contribution >= 0.6 is 0 Å². The third-order valence-corrected chi connectivity index (χ3v) is 10.1. The van der Waals surface area contributed by atoms with Crippen LogP contribution in [0.2, 0.25) is 5.04 Å². The molecule has 3 aromatic carbocycles. The van der Waals surface area contributed by atoms with E-state index in [4.69, 9.17) is 4.43 Å². The van der Waals surface area contributed by atoms with Crippen LogP contribution in [0.25, 0.3) is 0 Å². The fourth-order valence-electron chi connectivity index (χ4n) is 3.74. The molecule has 0 radical (unpaired) electrons. The number of aliphatic hydroxyl groups excluding tert-OH is 1. The molecule has 3 heteroatoms. The Balaban J connectivity index is 2.04. The lowest BCUT2D eigenvalue weighted by atomic mass is 10.1. The zero-order chi connectivity index (χ0) is 19.3. The summed E-state index contributed by atoms with van der Waals surface area (Å²) in [5.74, 6) is 0. The van der Waals surface area contributed by atoms with Crippen molar-refractivity contribution in [3.63, 3.8) is 0 Å². The summed E-state index contributed by atoms with van der Waals surface area (Å²) < 4.78 is 6.77. The number of benzene rings is 3. The minimum Gasteiger partial charge on any atom is -0.404 e. The van der Waals surface area contributed by atoms with E-state index in [9.17, 15) is 5.11 Å². The molecular formula is C24H28O2Si. The van der Waals surface area contributed by atoms with Crippen molar-refractivity contribution >= 4 is 18.7 Å². The van der Waals surface area contributed by atoms with Crippen molar-refractivity contribution in [2.24, 2.45) is 0 Å². The Labute approximate surface area is 163 Å².